The van der Waals surface area contributed by atoms with Crippen LogP contribution in [0.25, 0.3) is 5.57 Å². The van der Waals surface area contributed by atoms with E-state index >= 15 is 0 Å². The number of hydrogen-bond acceptors (Lipinski definition) is 3. The van der Waals surface area contributed by atoms with Gasteiger partial charge in [0.2, 0.25) is 11.8 Å². The molecule has 0 radical (unpaired) electrons. The fraction of sp³-hybridized carbons (Fsp3) is 0.412. The predicted molar refractivity (Wildman–Crippen MR) is 83.8 cm³/mol. The van der Waals surface area contributed by atoms with Gasteiger partial charge in [0.25, 0.3) is 0 Å². The summed E-state index contributed by atoms with van der Waals surface area (Å²) in [6.07, 6.45) is 4.17. The zero-order valence-electron chi connectivity index (χ0n) is 12.6. The Morgan fingerprint density at radius 1 is 1.33 bits per heavy atom. The van der Waals surface area contributed by atoms with Crippen LogP contribution in [0.3, 0.4) is 0 Å². The molecule has 1 aliphatic rings. The number of hydrogen-bond donors (Lipinski definition) is 2. The van der Waals surface area contributed by atoms with Gasteiger partial charge in [0.1, 0.15) is 0 Å². The Morgan fingerprint density at radius 3 is 2.62 bits per heavy atom. The Labute approximate surface area is 125 Å². The molecule has 1 aliphatic heterocycles. The summed E-state index contributed by atoms with van der Waals surface area (Å²) in [5.74, 6) is -0.556. The first kappa shape index (κ1) is 15.4. The highest BCUT2D eigenvalue weighted by Crippen LogP contribution is 2.26. The van der Waals surface area contributed by atoms with Gasteiger partial charge in [-0.15, -0.1) is 0 Å². The van der Waals surface area contributed by atoms with E-state index in [-0.39, 0.29) is 17.7 Å². The van der Waals surface area contributed by atoms with Gasteiger partial charge in [-0.1, -0.05) is 37.3 Å². The molecule has 0 aromatic heterocycles. The minimum absolute atomic E-state index is 0.170. The highest BCUT2D eigenvalue weighted by atomic mass is 16.2. The Balaban J connectivity index is 2.15. The highest BCUT2D eigenvalue weighted by molar-refractivity contribution is 6.00. The van der Waals surface area contributed by atoms with Crippen LogP contribution in [-0.4, -0.2) is 25.4 Å². The minimum Gasteiger partial charge on any atom is -0.316 e. The number of carbonyl (C=O) groups excluding carboxylic acids is 2. The van der Waals surface area contributed by atoms with Crippen LogP contribution < -0.4 is 10.6 Å². The van der Waals surface area contributed by atoms with Gasteiger partial charge in [0, 0.05) is 13.0 Å². The molecule has 4 nitrogen and oxygen atoms in total. The smallest absolute Gasteiger partial charge is 0.234 e. The van der Waals surface area contributed by atoms with Crippen LogP contribution in [0.2, 0.25) is 0 Å². The summed E-state index contributed by atoms with van der Waals surface area (Å²) in [6.45, 7) is 2.98. The largest absolute Gasteiger partial charge is 0.316 e. The second kappa shape index (κ2) is 7.18. The molecule has 1 aromatic carbocycles. The number of likely N-dealkylation sites (N-methyl/N-ethyl adjacent to an activating group) is 1. The second-order valence-corrected chi connectivity index (χ2v) is 5.27. The van der Waals surface area contributed by atoms with Crippen molar-refractivity contribution in [3.63, 3.8) is 0 Å². The van der Waals surface area contributed by atoms with Crippen molar-refractivity contribution in [2.75, 3.05) is 13.6 Å². The lowest BCUT2D eigenvalue weighted by atomic mass is 9.89. The number of allylic oxidation sites excluding steroid dienone is 1. The number of piperidine rings is 1. The molecule has 0 bridgehead atoms. The molecular weight excluding hydrogens is 264 g/mol. The van der Waals surface area contributed by atoms with E-state index in [0.29, 0.717) is 12.8 Å². The topological polar surface area (TPSA) is 58.2 Å². The number of carbonyl (C=O) groups is 2. The Kier molecular flexibility index (Phi) is 5.28. The van der Waals surface area contributed by atoms with Crippen LogP contribution in [0, 0.1) is 0 Å². The van der Waals surface area contributed by atoms with Gasteiger partial charge in [-0.2, -0.15) is 0 Å². The van der Waals surface area contributed by atoms with Crippen molar-refractivity contribution in [2.45, 2.75) is 32.1 Å². The standard InChI is InChI=1S/C17H22N2O2/c1-3-12(10-11-18-2)13-4-6-14(7-5-13)15-8-9-16(20)19-17(15)21/h4-7,10,15,18H,3,8-9,11H2,1-2H3,(H,19,20,21)/b12-10+. The summed E-state index contributed by atoms with van der Waals surface area (Å²) >= 11 is 0. The molecule has 1 fully saturated rings. The molecule has 0 spiro atoms. The third-order valence-corrected chi connectivity index (χ3v) is 3.86. The highest BCUT2D eigenvalue weighted by Gasteiger charge is 2.27. The van der Waals surface area contributed by atoms with E-state index in [1.807, 2.05) is 19.2 Å². The average Bonchev–Trinajstić information content (AvgIpc) is 2.49. The minimum atomic E-state index is -0.205. The molecule has 1 unspecified atom stereocenters. The van der Waals surface area contributed by atoms with Crippen molar-refractivity contribution in [1.82, 2.24) is 10.6 Å². The fourth-order valence-corrected chi connectivity index (χ4v) is 2.63. The Morgan fingerprint density at radius 2 is 2.05 bits per heavy atom. The lowest BCUT2D eigenvalue weighted by Gasteiger charge is -2.21. The molecule has 0 aliphatic carbocycles. The Hall–Kier alpha value is -1.94. The first-order valence-corrected chi connectivity index (χ1v) is 7.43. The molecule has 2 amide bonds. The van der Waals surface area contributed by atoms with Crippen molar-refractivity contribution in [1.29, 1.82) is 0 Å². The lowest BCUT2D eigenvalue weighted by Crippen LogP contribution is -2.39. The molecule has 21 heavy (non-hydrogen) atoms. The van der Waals surface area contributed by atoms with Gasteiger partial charge in [-0.25, -0.2) is 0 Å². The Bertz CT molecular complexity index is 546. The monoisotopic (exact) mass is 286 g/mol. The normalized spacial score (nSPS) is 19.5. The van der Waals surface area contributed by atoms with Crippen molar-refractivity contribution < 1.29 is 9.59 Å². The van der Waals surface area contributed by atoms with E-state index in [4.69, 9.17) is 0 Å². The van der Waals surface area contributed by atoms with Gasteiger partial charge in [0.05, 0.1) is 5.92 Å². The predicted octanol–water partition coefficient (Wildman–Crippen LogP) is 2.22. The summed E-state index contributed by atoms with van der Waals surface area (Å²) in [5.41, 5.74) is 3.45. The van der Waals surface area contributed by atoms with E-state index in [0.717, 1.165) is 18.5 Å². The maximum absolute atomic E-state index is 11.9. The van der Waals surface area contributed by atoms with Gasteiger partial charge in [-0.3, -0.25) is 14.9 Å². The van der Waals surface area contributed by atoms with Gasteiger partial charge in [0.15, 0.2) is 0 Å². The van der Waals surface area contributed by atoms with E-state index in [9.17, 15) is 9.59 Å². The molecule has 2 N–H and O–H groups in total. The number of imide groups is 1. The molecule has 1 aromatic rings. The SMILES string of the molecule is CC/C(=C\CNC)c1ccc(C2CCC(=O)NC2=O)cc1. The third-order valence-electron chi connectivity index (χ3n) is 3.86. The van der Waals surface area contributed by atoms with E-state index in [2.05, 4.69) is 35.8 Å². The second-order valence-electron chi connectivity index (χ2n) is 5.27. The van der Waals surface area contributed by atoms with Gasteiger partial charge < -0.3 is 5.32 Å². The van der Waals surface area contributed by atoms with Crippen molar-refractivity contribution in [2.24, 2.45) is 0 Å². The van der Waals surface area contributed by atoms with Crippen LogP contribution in [0.5, 0.6) is 0 Å². The quantitative estimate of drug-likeness (QED) is 0.816. The maximum atomic E-state index is 11.9. The summed E-state index contributed by atoms with van der Waals surface area (Å²) in [7, 11) is 1.93. The number of nitrogens with one attached hydrogen (secondary N) is 2. The van der Waals surface area contributed by atoms with Crippen LogP contribution in [0.4, 0.5) is 0 Å². The van der Waals surface area contributed by atoms with Crippen molar-refractivity contribution >= 4 is 17.4 Å². The molecule has 112 valence electrons. The van der Waals surface area contributed by atoms with E-state index < -0.39 is 0 Å². The number of rotatable bonds is 5. The third kappa shape index (κ3) is 3.79. The molecular formula is C17H22N2O2. The molecule has 1 saturated heterocycles. The lowest BCUT2D eigenvalue weighted by molar-refractivity contribution is -0.134. The van der Waals surface area contributed by atoms with E-state index in [1.165, 1.54) is 11.1 Å². The molecule has 1 atom stereocenters. The zero-order chi connectivity index (χ0) is 15.2. The first-order chi connectivity index (χ1) is 10.2. The van der Waals surface area contributed by atoms with Gasteiger partial charge >= 0.3 is 0 Å². The van der Waals surface area contributed by atoms with Crippen molar-refractivity contribution in [3.05, 3.63) is 41.5 Å². The number of amides is 2. The zero-order valence-corrected chi connectivity index (χ0v) is 12.6. The average molecular weight is 286 g/mol. The van der Waals surface area contributed by atoms with Crippen LogP contribution >= 0.6 is 0 Å². The molecule has 0 saturated carbocycles. The summed E-state index contributed by atoms with van der Waals surface area (Å²) < 4.78 is 0. The molecule has 2 rings (SSSR count). The fourth-order valence-electron chi connectivity index (χ4n) is 2.63. The summed E-state index contributed by atoms with van der Waals surface area (Å²) in [5, 5.41) is 5.52. The van der Waals surface area contributed by atoms with Crippen LogP contribution in [0.15, 0.2) is 30.3 Å². The van der Waals surface area contributed by atoms with E-state index in [1.54, 1.807) is 0 Å². The van der Waals surface area contributed by atoms with Gasteiger partial charge in [-0.05, 0) is 36.6 Å². The first-order valence-electron chi connectivity index (χ1n) is 7.43. The molecule has 4 heteroatoms. The van der Waals surface area contributed by atoms with Crippen LogP contribution in [-0.2, 0) is 9.59 Å². The molecule has 1 heterocycles. The maximum Gasteiger partial charge on any atom is 0.234 e. The summed E-state index contributed by atoms with van der Waals surface area (Å²) in [6, 6.07) is 8.12. The number of benzene rings is 1. The van der Waals surface area contributed by atoms with Crippen LogP contribution in [0.1, 0.15) is 43.2 Å². The van der Waals surface area contributed by atoms with Crippen molar-refractivity contribution in [3.8, 4) is 0 Å². The summed E-state index contributed by atoms with van der Waals surface area (Å²) in [4.78, 5) is 23.1.